The molecule has 5 N–H and O–H groups in total. The molecule has 1 fully saturated rings. The number of hydrogen-bond acceptors (Lipinski definition) is 7. The molecule has 0 spiro atoms. The molecular weight excluding hydrogens is 330 g/mol. The molecule has 3 heterocycles. The summed E-state index contributed by atoms with van der Waals surface area (Å²) in [6.45, 7) is -0.430. The summed E-state index contributed by atoms with van der Waals surface area (Å²) in [5, 5.41) is 19.5. The molecule has 1 aliphatic heterocycles. The molecule has 2 aromatic rings. The SMILES string of the molecule is C#CC1(Cl)[C@@H](O)[C@@H](CO)O[C@H]1n1cnc2c(=S)nc(N)[nH]c21. The van der Waals surface area contributed by atoms with Gasteiger partial charge in [0.05, 0.1) is 12.9 Å². The van der Waals surface area contributed by atoms with Crippen molar-refractivity contribution < 1.29 is 14.9 Å². The normalized spacial score (nSPS) is 31.5. The van der Waals surface area contributed by atoms with E-state index in [2.05, 4.69) is 20.9 Å². The van der Waals surface area contributed by atoms with Crippen LogP contribution in [-0.4, -0.2) is 53.4 Å². The highest BCUT2D eigenvalue weighted by Crippen LogP contribution is 2.43. The van der Waals surface area contributed by atoms with Gasteiger partial charge in [-0.15, -0.1) is 6.42 Å². The number of nitrogens with two attached hydrogens (primary N) is 1. The zero-order chi connectivity index (χ0) is 16.1. The number of nitrogens with zero attached hydrogens (tertiary/aromatic N) is 3. The molecule has 3 rings (SSSR count). The Morgan fingerprint density at radius 2 is 2.41 bits per heavy atom. The first-order valence-corrected chi connectivity index (χ1v) is 7.04. The van der Waals surface area contributed by atoms with Crippen molar-refractivity contribution in [3.05, 3.63) is 11.0 Å². The number of terminal acetylenes is 1. The largest absolute Gasteiger partial charge is 0.394 e. The van der Waals surface area contributed by atoms with Crippen molar-refractivity contribution in [2.75, 3.05) is 12.3 Å². The molecule has 1 aliphatic rings. The van der Waals surface area contributed by atoms with Crippen LogP contribution in [0.4, 0.5) is 5.95 Å². The second kappa shape index (κ2) is 5.19. The number of nitrogens with one attached hydrogen (secondary N) is 1. The summed E-state index contributed by atoms with van der Waals surface area (Å²) in [6.07, 6.45) is 3.73. The minimum absolute atomic E-state index is 0.0948. The summed E-state index contributed by atoms with van der Waals surface area (Å²) >= 11 is 11.5. The fourth-order valence-corrected chi connectivity index (χ4v) is 3.00. The van der Waals surface area contributed by atoms with Gasteiger partial charge in [0.2, 0.25) is 0 Å². The average molecular weight is 342 g/mol. The van der Waals surface area contributed by atoms with Crippen LogP contribution in [0.1, 0.15) is 6.23 Å². The van der Waals surface area contributed by atoms with Gasteiger partial charge in [0.1, 0.15) is 23.4 Å². The van der Waals surface area contributed by atoms with E-state index in [1.807, 2.05) is 0 Å². The van der Waals surface area contributed by atoms with Crippen molar-refractivity contribution in [1.29, 1.82) is 0 Å². The van der Waals surface area contributed by atoms with Crippen molar-refractivity contribution in [2.45, 2.75) is 23.3 Å². The Kier molecular flexibility index (Phi) is 3.58. The van der Waals surface area contributed by atoms with Crippen molar-refractivity contribution in [1.82, 2.24) is 19.5 Å². The Morgan fingerprint density at radius 3 is 3.05 bits per heavy atom. The number of hydrogen-bond donors (Lipinski definition) is 4. The second-order valence-electron chi connectivity index (χ2n) is 4.84. The average Bonchev–Trinajstić information content (AvgIpc) is 3.00. The first-order chi connectivity index (χ1) is 10.4. The van der Waals surface area contributed by atoms with E-state index in [4.69, 9.17) is 40.7 Å². The first-order valence-electron chi connectivity index (χ1n) is 6.25. The number of alkyl halides is 1. The first kappa shape index (κ1) is 15.2. The van der Waals surface area contributed by atoms with Crippen molar-refractivity contribution in [3.8, 4) is 12.3 Å². The van der Waals surface area contributed by atoms with Crippen LogP contribution in [0.5, 0.6) is 0 Å². The Bertz CT molecular complexity index is 830. The van der Waals surface area contributed by atoms with Crippen molar-refractivity contribution >= 4 is 40.9 Å². The highest BCUT2D eigenvalue weighted by molar-refractivity contribution is 7.71. The number of imidazole rings is 1. The molecule has 10 heteroatoms. The second-order valence-corrected chi connectivity index (χ2v) is 5.86. The maximum atomic E-state index is 10.2. The number of ether oxygens (including phenoxy) is 1. The van der Waals surface area contributed by atoms with Crippen LogP contribution in [0.2, 0.25) is 0 Å². The molecule has 0 saturated carbocycles. The number of aromatic amines is 1. The van der Waals surface area contributed by atoms with Crippen LogP contribution in [0, 0.1) is 17.0 Å². The van der Waals surface area contributed by atoms with Gasteiger partial charge in [-0.2, -0.15) is 0 Å². The van der Waals surface area contributed by atoms with Gasteiger partial charge in [0.15, 0.2) is 21.7 Å². The molecule has 116 valence electrons. The summed E-state index contributed by atoms with van der Waals surface area (Å²) < 4.78 is 7.29. The molecule has 1 saturated heterocycles. The van der Waals surface area contributed by atoms with E-state index in [1.165, 1.54) is 10.9 Å². The summed E-state index contributed by atoms with van der Waals surface area (Å²) in [5.74, 6) is 2.43. The number of aromatic nitrogens is 4. The van der Waals surface area contributed by atoms with Gasteiger partial charge in [-0.05, 0) is 0 Å². The standard InChI is InChI=1S/C12H12ClN5O3S/c1-2-12(13)7(20)5(3-19)21-10(12)18-4-15-6-8(18)16-11(14)17-9(6)22/h1,4-5,7,10,19-20H,3H2,(H3,14,16,17,22)/t5-,7+,10-,12?/m1/s1. The minimum Gasteiger partial charge on any atom is -0.394 e. The van der Waals surface area contributed by atoms with E-state index in [-0.39, 0.29) is 10.6 Å². The fraction of sp³-hybridized carbons (Fsp3) is 0.417. The number of rotatable bonds is 2. The molecule has 8 nitrogen and oxygen atoms in total. The number of H-pyrrole nitrogens is 1. The van der Waals surface area contributed by atoms with Gasteiger partial charge in [-0.1, -0.05) is 29.7 Å². The lowest BCUT2D eigenvalue weighted by Gasteiger charge is -2.25. The molecule has 0 aliphatic carbocycles. The van der Waals surface area contributed by atoms with Gasteiger partial charge in [-0.3, -0.25) is 4.57 Å². The Balaban J connectivity index is 2.19. The number of aliphatic hydroxyl groups excluding tert-OH is 2. The Hall–Kier alpha value is -1.70. The third kappa shape index (κ3) is 2.00. The predicted octanol–water partition coefficient (Wildman–Crippen LogP) is -0.0675. The number of anilines is 1. The molecular formula is C12H12ClN5O3S. The highest BCUT2D eigenvalue weighted by atomic mass is 35.5. The quantitative estimate of drug-likeness (QED) is 0.342. The number of nitrogen functional groups attached to an aromatic ring is 1. The van der Waals surface area contributed by atoms with Crippen LogP contribution in [0.3, 0.4) is 0 Å². The third-order valence-corrected chi connectivity index (χ3v) is 4.37. The predicted molar refractivity (Wildman–Crippen MR) is 81.5 cm³/mol. The molecule has 2 aromatic heterocycles. The molecule has 0 bridgehead atoms. The van der Waals surface area contributed by atoms with E-state index in [0.717, 1.165) is 0 Å². The third-order valence-electron chi connectivity index (χ3n) is 3.56. The zero-order valence-corrected chi connectivity index (χ0v) is 12.7. The van der Waals surface area contributed by atoms with Gasteiger partial charge in [-0.25, -0.2) is 9.97 Å². The molecule has 0 radical (unpaired) electrons. The molecule has 0 aromatic carbocycles. The van der Waals surface area contributed by atoms with Crippen LogP contribution >= 0.6 is 23.8 Å². The van der Waals surface area contributed by atoms with Gasteiger partial charge in [0.25, 0.3) is 0 Å². The number of fused-ring (bicyclic) bond motifs is 1. The Morgan fingerprint density at radius 1 is 1.68 bits per heavy atom. The lowest BCUT2D eigenvalue weighted by molar-refractivity contribution is -0.0436. The van der Waals surface area contributed by atoms with Crippen LogP contribution < -0.4 is 5.73 Å². The smallest absolute Gasteiger partial charge is 0.200 e. The summed E-state index contributed by atoms with van der Waals surface area (Å²) in [4.78, 5) is 9.28. The maximum absolute atomic E-state index is 10.2. The van der Waals surface area contributed by atoms with Crippen LogP contribution in [-0.2, 0) is 4.74 Å². The fourth-order valence-electron chi connectivity index (χ4n) is 2.45. The summed E-state index contributed by atoms with van der Waals surface area (Å²) in [5.41, 5.74) is 6.46. The van der Waals surface area contributed by atoms with Crippen molar-refractivity contribution in [2.24, 2.45) is 0 Å². The summed E-state index contributed by atoms with van der Waals surface area (Å²) in [7, 11) is 0. The van der Waals surface area contributed by atoms with Crippen LogP contribution in [0.15, 0.2) is 6.33 Å². The van der Waals surface area contributed by atoms with Gasteiger partial charge in [0, 0.05) is 0 Å². The zero-order valence-electron chi connectivity index (χ0n) is 11.1. The van der Waals surface area contributed by atoms with E-state index in [0.29, 0.717) is 11.2 Å². The highest BCUT2D eigenvalue weighted by Gasteiger charge is 2.55. The van der Waals surface area contributed by atoms with Crippen molar-refractivity contribution in [3.63, 3.8) is 0 Å². The molecule has 22 heavy (non-hydrogen) atoms. The van der Waals surface area contributed by atoms with E-state index < -0.39 is 29.9 Å². The number of aliphatic hydroxyl groups is 2. The lowest BCUT2D eigenvalue weighted by atomic mass is 9.99. The van der Waals surface area contributed by atoms with E-state index in [1.54, 1.807) is 0 Å². The Labute approximate surface area is 134 Å². The van der Waals surface area contributed by atoms with Gasteiger partial charge >= 0.3 is 0 Å². The maximum Gasteiger partial charge on any atom is 0.200 e. The molecule has 1 unspecified atom stereocenters. The topological polar surface area (TPSA) is 122 Å². The number of halogens is 1. The van der Waals surface area contributed by atoms with E-state index >= 15 is 0 Å². The van der Waals surface area contributed by atoms with E-state index in [9.17, 15) is 10.2 Å². The molecule has 4 atom stereocenters. The summed E-state index contributed by atoms with van der Waals surface area (Å²) in [6, 6.07) is 0. The lowest BCUT2D eigenvalue weighted by Crippen LogP contribution is -2.41. The van der Waals surface area contributed by atoms with Crippen LogP contribution in [0.25, 0.3) is 11.2 Å². The van der Waals surface area contributed by atoms with Gasteiger partial charge < -0.3 is 25.7 Å². The minimum atomic E-state index is -1.57. The monoisotopic (exact) mass is 341 g/mol. The molecule has 0 amide bonds.